The number of nitrogens with one attached hydrogen (secondary N) is 1. The Bertz CT molecular complexity index is 529. The Hall–Kier alpha value is -1.91. The molecule has 1 fully saturated rings. The number of anilines is 1. The van der Waals surface area contributed by atoms with E-state index in [0.717, 1.165) is 24.1 Å². The van der Waals surface area contributed by atoms with Gasteiger partial charge < -0.3 is 20.1 Å². The molecule has 1 aliphatic rings. The molecule has 2 rings (SSSR count). The number of aryl methyl sites for hydroxylation is 1. The highest BCUT2D eigenvalue weighted by molar-refractivity contribution is 5.68. The van der Waals surface area contributed by atoms with Crippen molar-refractivity contribution in [2.45, 2.75) is 52.2 Å². The summed E-state index contributed by atoms with van der Waals surface area (Å²) in [4.78, 5) is 13.8. The van der Waals surface area contributed by atoms with Gasteiger partial charge in [0.2, 0.25) is 0 Å². The molecule has 0 aliphatic carbocycles. The number of amides is 1. The van der Waals surface area contributed by atoms with E-state index in [1.165, 1.54) is 0 Å². The Balaban J connectivity index is 1.84. The van der Waals surface area contributed by atoms with Gasteiger partial charge in [0, 0.05) is 24.8 Å². The molecule has 0 aromatic heterocycles. The summed E-state index contributed by atoms with van der Waals surface area (Å²) in [5.41, 5.74) is 1.41. The van der Waals surface area contributed by atoms with Crippen molar-refractivity contribution in [3.05, 3.63) is 23.8 Å². The van der Waals surface area contributed by atoms with Crippen LogP contribution in [0.2, 0.25) is 0 Å². The van der Waals surface area contributed by atoms with E-state index in [1.54, 1.807) is 11.0 Å². The number of carbonyl (C=O) groups is 1. The summed E-state index contributed by atoms with van der Waals surface area (Å²) in [6, 6.07) is 5.86. The molecule has 2 N–H and O–H groups in total. The van der Waals surface area contributed by atoms with E-state index >= 15 is 0 Å². The molecule has 1 aromatic rings. The van der Waals surface area contributed by atoms with Gasteiger partial charge in [0.25, 0.3) is 0 Å². The molecule has 1 saturated heterocycles. The molecule has 0 saturated carbocycles. The molecule has 0 atom stereocenters. The molecule has 0 radical (unpaired) electrons. The highest BCUT2D eigenvalue weighted by Gasteiger charge is 2.26. The lowest BCUT2D eigenvalue weighted by molar-refractivity contribution is 0.0210. The van der Waals surface area contributed by atoms with E-state index in [2.05, 4.69) is 5.32 Å². The molecule has 1 heterocycles. The van der Waals surface area contributed by atoms with Crippen LogP contribution in [-0.2, 0) is 4.74 Å². The van der Waals surface area contributed by atoms with Crippen LogP contribution in [0.5, 0.6) is 5.75 Å². The first-order valence-electron chi connectivity index (χ1n) is 7.79. The molecule has 122 valence electrons. The van der Waals surface area contributed by atoms with Crippen LogP contribution in [0, 0.1) is 6.92 Å². The predicted octanol–water partition coefficient (Wildman–Crippen LogP) is 3.51. The third kappa shape index (κ3) is 4.55. The zero-order valence-electron chi connectivity index (χ0n) is 13.8. The van der Waals surface area contributed by atoms with Crippen molar-refractivity contribution in [1.29, 1.82) is 0 Å². The van der Waals surface area contributed by atoms with Crippen LogP contribution < -0.4 is 5.32 Å². The predicted molar refractivity (Wildman–Crippen MR) is 87.3 cm³/mol. The van der Waals surface area contributed by atoms with Gasteiger partial charge >= 0.3 is 6.09 Å². The number of rotatable bonds is 2. The Morgan fingerprint density at radius 3 is 2.50 bits per heavy atom. The minimum atomic E-state index is -0.449. The van der Waals surface area contributed by atoms with Crippen molar-refractivity contribution < 1.29 is 14.6 Å². The van der Waals surface area contributed by atoms with Crippen LogP contribution >= 0.6 is 0 Å². The number of piperidine rings is 1. The molecule has 1 aromatic carbocycles. The van der Waals surface area contributed by atoms with Crippen LogP contribution in [0.1, 0.15) is 39.2 Å². The maximum Gasteiger partial charge on any atom is 0.410 e. The normalized spacial score (nSPS) is 16.5. The second kappa shape index (κ2) is 6.46. The van der Waals surface area contributed by atoms with Gasteiger partial charge in [0.05, 0.1) is 0 Å². The zero-order valence-corrected chi connectivity index (χ0v) is 13.8. The average Bonchev–Trinajstić information content (AvgIpc) is 2.42. The van der Waals surface area contributed by atoms with Crippen LogP contribution in [0.4, 0.5) is 10.5 Å². The third-order valence-electron chi connectivity index (χ3n) is 3.71. The topological polar surface area (TPSA) is 61.8 Å². The minimum Gasteiger partial charge on any atom is -0.508 e. The standard InChI is InChI=1S/C17H26N2O3/c1-12-11-14(5-6-15(12)20)18-13-7-9-19(10-8-13)16(21)22-17(2,3)4/h5-6,11,13,18,20H,7-10H2,1-4H3. The molecule has 0 bridgehead atoms. The molecule has 0 unspecified atom stereocenters. The van der Waals surface area contributed by atoms with Crippen molar-refractivity contribution in [3.63, 3.8) is 0 Å². The van der Waals surface area contributed by atoms with Gasteiger partial charge in [0.1, 0.15) is 11.4 Å². The van der Waals surface area contributed by atoms with Gasteiger partial charge in [-0.1, -0.05) is 0 Å². The smallest absolute Gasteiger partial charge is 0.410 e. The third-order valence-corrected chi connectivity index (χ3v) is 3.71. The number of nitrogens with zero attached hydrogens (tertiary/aromatic N) is 1. The van der Waals surface area contributed by atoms with Gasteiger partial charge in [-0.25, -0.2) is 4.79 Å². The summed E-state index contributed by atoms with van der Waals surface area (Å²) < 4.78 is 5.40. The Labute approximate surface area is 132 Å². The van der Waals surface area contributed by atoms with Crippen molar-refractivity contribution in [3.8, 4) is 5.75 Å². The zero-order chi connectivity index (χ0) is 16.3. The first-order valence-corrected chi connectivity index (χ1v) is 7.79. The van der Waals surface area contributed by atoms with E-state index in [9.17, 15) is 9.90 Å². The van der Waals surface area contributed by atoms with E-state index < -0.39 is 5.60 Å². The van der Waals surface area contributed by atoms with Crippen molar-refractivity contribution in [1.82, 2.24) is 4.90 Å². The number of likely N-dealkylation sites (tertiary alicyclic amines) is 1. The lowest BCUT2D eigenvalue weighted by atomic mass is 10.0. The fourth-order valence-electron chi connectivity index (χ4n) is 2.51. The number of hydrogen-bond donors (Lipinski definition) is 2. The quantitative estimate of drug-likeness (QED) is 0.821. The van der Waals surface area contributed by atoms with Crippen LogP contribution in [0.15, 0.2) is 18.2 Å². The lowest BCUT2D eigenvalue weighted by Crippen LogP contribution is -2.44. The maximum absolute atomic E-state index is 12.0. The largest absolute Gasteiger partial charge is 0.508 e. The number of phenols is 1. The lowest BCUT2D eigenvalue weighted by Gasteiger charge is -2.34. The van der Waals surface area contributed by atoms with Gasteiger partial charge in [-0.3, -0.25) is 0 Å². The summed E-state index contributed by atoms with van der Waals surface area (Å²) in [7, 11) is 0. The highest BCUT2D eigenvalue weighted by Crippen LogP contribution is 2.23. The minimum absolute atomic E-state index is 0.230. The van der Waals surface area contributed by atoms with Crippen LogP contribution in [0.25, 0.3) is 0 Å². The number of carbonyl (C=O) groups excluding carboxylic acids is 1. The second-order valence-corrected chi connectivity index (χ2v) is 6.89. The molecule has 5 nitrogen and oxygen atoms in total. The van der Waals surface area contributed by atoms with Crippen molar-refractivity contribution in [2.75, 3.05) is 18.4 Å². The molecular weight excluding hydrogens is 280 g/mol. The van der Waals surface area contributed by atoms with Gasteiger partial charge in [-0.2, -0.15) is 0 Å². The first-order chi connectivity index (χ1) is 10.2. The molecule has 1 amide bonds. The number of phenolic OH excluding ortho intramolecular Hbond substituents is 1. The van der Waals surface area contributed by atoms with E-state index in [1.807, 2.05) is 39.8 Å². The molecule has 5 heteroatoms. The van der Waals surface area contributed by atoms with Gasteiger partial charge in [-0.15, -0.1) is 0 Å². The maximum atomic E-state index is 12.0. The van der Waals surface area contributed by atoms with Gasteiger partial charge in [-0.05, 0) is 64.3 Å². The average molecular weight is 306 g/mol. The van der Waals surface area contributed by atoms with Crippen molar-refractivity contribution >= 4 is 11.8 Å². The monoisotopic (exact) mass is 306 g/mol. The number of ether oxygens (including phenoxy) is 1. The Morgan fingerprint density at radius 1 is 1.32 bits per heavy atom. The van der Waals surface area contributed by atoms with Crippen LogP contribution in [-0.4, -0.2) is 40.8 Å². The molecule has 22 heavy (non-hydrogen) atoms. The number of aromatic hydroxyl groups is 1. The Morgan fingerprint density at radius 2 is 1.95 bits per heavy atom. The summed E-state index contributed by atoms with van der Waals surface area (Å²) >= 11 is 0. The summed E-state index contributed by atoms with van der Waals surface area (Å²) in [5, 5.41) is 13.0. The number of benzene rings is 1. The number of hydrogen-bond acceptors (Lipinski definition) is 4. The highest BCUT2D eigenvalue weighted by atomic mass is 16.6. The summed E-state index contributed by atoms with van der Waals surface area (Å²) in [6.07, 6.45) is 1.55. The van der Waals surface area contributed by atoms with E-state index in [0.29, 0.717) is 24.9 Å². The summed E-state index contributed by atoms with van der Waals surface area (Å²) in [5.74, 6) is 0.310. The second-order valence-electron chi connectivity index (χ2n) is 6.89. The first kappa shape index (κ1) is 16.5. The summed E-state index contributed by atoms with van der Waals surface area (Å²) in [6.45, 7) is 8.92. The van der Waals surface area contributed by atoms with E-state index in [4.69, 9.17) is 4.74 Å². The fraction of sp³-hybridized carbons (Fsp3) is 0.588. The molecule has 0 spiro atoms. The molecule has 1 aliphatic heterocycles. The molecular formula is C17H26N2O3. The van der Waals surface area contributed by atoms with Crippen molar-refractivity contribution in [2.24, 2.45) is 0 Å². The Kier molecular flexibility index (Phi) is 4.84. The SMILES string of the molecule is Cc1cc(NC2CCN(C(=O)OC(C)(C)C)CC2)ccc1O. The fourth-order valence-corrected chi connectivity index (χ4v) is 2.51. The van der Waals surface area contributed by atoms with Gasteiger partial charge in [0.15, 0.2) is 0 Å². The van der Waals surface area contributed by atoms with E-state index in [-0.39, 0.29) is 6.09 Å². The van der Waals surface area contributed by atoms with Crippen LogP contribution in [0.3, 0.4) is 0 Å².